The molecule has 0 radical (unpaired) electrons. The van der Waals surface area contributed by atoms with E-state index in [0.717, 1.165) is 21.9 Å². The summed E-state index contributed by atoms with van der Waals surface area (Å²) in [5.41, 5.74) is 2.77. The number of fused-ring (bicyclic) bond motifs is 1. The van der Waals surface area contributed by atoms with Crippen molar-refractivity contribution in [2.24, 2.45) is 0 Å². The maximum Gasteiger partial charge on any atom is 0.329 e. The lowest BCUT2D eigenvalue weighted by Gasteiger charge is -2.43. The van der Waals surface area contributed by atoms with Crippen LogP contribution in [0.5, 0.6) is 0 Å². The first-order chi connectivity index (χ1) is 17.2. The van der Waals surface area contributed by atoms with Gasteiger partial charge in [0.25, 0.3) is 5.91 Å². The standard InChI is InChI=1S/C29H27N3O3/c1-35-29(34)26-20-31(27(21-10-4-2-5-11-21)22-12-6-3-7-13-22)16-17-32(26)28(33)25-19-30-18-23-14-8-9-15-24(23)25/h2-15,18-19,26-27H,16-17,20H2,1H3. The summed E-state index contributed by atoms with van der Waals surface area (Å²) < 4.78 is 5.16. The Morgan fingerprint density at radius 3 is 2.14 bits per heavy atom. The second kappa shape index (κ2) is 10.1. The summed E-state index contributed by atoms with van der Waals surface area (Å²) in [4.78, 5) is 34.8. The Labute approximate surface area is 204 Å². The quantitative estimate of drug-likeness (QED) is 0.411. The molecule has 6 heteroatoms. The third kappa shape index (κ3) is 4.53. The summed E-state index contributed by atoms with van der Waals surface area (Å²) in [5, 5.41) is 1.71. The Kier molecular flexibility index (Phi) is 6.55. The highest BCUT2D eigenvalue weighted by Gasteiger charge is 2.39. The van der Waals surface area contributed by atoms with Crippen LogP contribution < -0.4 is 0 Å². The lowest BCUT2D eigenvalue weighted by atomic mass is 9.95. The molecular formula is C29H27N3O3. The van der Waals surface area contributed by atoms with Crippen LogP contribution in [0.15, 0.2) is 97.3 Å². The molecule has 0 spiro atoms. The molecule has 4 aromatic rings. The molecule has 0 saturated carbocycles. The van der Waals surface area contributed by atoms with Crippen LogP contribution in [0.4, 0.5) is 0 Å². The summed E-state index contributed by atoms with van der Waals surface area (Å²) in [5.74, 6) is -0.628. The molecular weight excluding hydrogens is 438 g/mol. The third-order valence-electron chi connectivity index (χ3n) is 6.64. The zero-order chi connectivity index (χ0) is 24.2. The summed E-state index contributed by atoms with van der Waals surface area (Å²) >= 11 is 0. The van der Waals surface area contributed by atoms with Crippen LogP contribution >= 0.6 is 0 Å². The normalized spacial score (nSPS) is 16.4. The van der Waals surface area contributed by atoms with Crippen molar-refractivity contribution in [1.82, 2.24) is 14.8 Å². The fourth-order valence-electron chi connectivity index (χ4n) is 4.95. The molecule has 1 fully saturated rings. The van der Waals surface area contributed by atoms with E-state index in [1.54, 1.807) is 17.3 Å². The Bertz CT molecular complexity index is 1280. The molecule has 1 aromatic heterocycles. The largest absolute Gasteiger partial charge is 0.467 e. The number of carbonyl (C=O) groups excluding carboxylic acids is 2. The molecule has 176 valence electrons. The number of carbonyl (C=O) groups is 2. The van der Waals surface area contributed by atoms with Crippen LogP contribution in [-0.4, -0.2) is 59.4 Å². The molecule has 2 heterocycles. The van der Waals surface area contributed by atoms with E-state index in [2.05, 4.69) is 34.1 Å². The van der Waals surface area contributed by atoms with Crippen molar-refractivity contribution in [3.8, 4) is 0 Å². The van der Waals surface area contributed by atoms with Gasteiger partial charge >= 0.3 is 5.97 Å². The van der Waals surface area contributed by atoms with Crippen molar-refractivity contribution >= 4 is 22.6 Å². The fraction of sp³-hybridized carbons (Fsp3) is 0.207. The van der Waals surface area contributed by atoms with Crippen molar-refractivity contribution < 1.29 is 14.3 Å². The van der Waals surface area contributed by atoms with Gasteiger partial charge in [-0.25, -0.2) is 4.79 Å². The number of nitrogens with zero attached hydrogens (tertiary/aromatic N) is 3. The number of rotatable bonds is 5. The first-order valence-corrected chi connectivity index (χ1v) is 11.7. The summed E-state index contributed by atoms with van der Waals surface area (Å²) in [6.07, 6.45) is 3.33. The van der Waals surface area contributed by atoms with E-state index in [9.17, 15) is 9.59 Å². The van der Waals surface area contributed by atoms with E-state index in [0.29, 0.717) is 25.2 Å². The maximum atomic E-state index is 13.7. The Morgan fingerprint density at radius 1 is 0.857 bits per heavy atom. The molecule has 0 N–H and O–H groups in total. The van der Waals surface area contributed by atoms with E-state index >= 15 is 0 Å². The van der Waals surface area contributed by atoms with Gasteiger partial charge < -0.3 is 9.64 Å². The average Bonchev–Trinajstić information content (AvgIpc) is 2.93. The highest BCUT2D eigenvalue weighted by atomic mass is 16.5. The number of pyridine rings is 1. The molecule has 1 amide bonds. The van der Waals surface area contributed by atoms with Crippen molar-refractivity contribution in [3.63, 3.8) is 0 Å². The van der Waals surface area contributed by atoms with Gasteiger partial charge in [-0.05, 0) is 16.5 Å². The number of aromatic nitrogens is 1. The van der Waals surface area contributed by atoms with Crippen molar-refractivity contribution in [2.45, 2.75) is 12.1 Å². The molecule has 1 atom stereocenters. The molecule has 0 bridgehead atoms. The van der Waals surface area contributed by atoms with E-state index in [-0.39, 0.29) is 11.9 Å². The topological polar surface area (TPSA) is 62.7 Å². The van der Waals surface area contributed by atoms with Gasteiger partial charge in [0.2, 0.25) is 0 Å². The molecule has 1 aliphatic rings. The fourth-order valence-corrected chi connectivity index (χ4v) is 4.95. The number of piperazine rings is 1. The minimum Gasteiger partial charge on any atom is -0.467 e. The van der Waals surface area contributed by atoms with Gasteiger partial charge in [-0.3, -0.25) is 14.7 Å². The van der Waals surface area contributed by atoms with Crippen molar-refractivity contribution in [2.75, 3.05) is 26.7 Å². The van der Waals surface area contributed by atoms with Gasteiger partial charge in [-0.2, -0.15) is 0 Å². The maximum absolute atomic E-state index is 13.7. The second-order valence-corrected chi connectivity index (χ2v) is 8.66. The zero-order valence-electron chi connectivity index (χ0n) is 19.6. The van der Waals surface area contributed by atoms with E-state index in [1.165, 1.54) is 7.11 Å². The Balaban J connectivity index is 1.49. The highest BCUT2D eigenvalue weighted by molar-refractivity contribution is 6.07. The summed E-state index contributed by atoms with van der Waals surface area (Å²) in [7, 11) is 1.37. The van der Waals surface area contributed by atoms with Crippen molar-refractivity contribution in [1.29, 1.82) is 0 Å². The second-order valence-electron chi connectivity index (χ2n) is 8.66. The Morgan fingerprint density at radius 2 is 1.49 bits per heavy atom. The van der Waals surface area contributed by atoms with Crippen LogP contribution in [-0.2, 0) is 9.53 Å². The van der Waals surface area contributed by atoms with Crippen LogP contribution in [0, 0.1) is 0 Å². The minimum atomic E-state index is -0.727. The van der Waals surface area contributed by atoms with E-state index in [4.69, 9.17) is 4.74 Å². The predicted octanol–water partition coefficient (Wildman–Crippen LogP) is 4.32. The number of amides is 1. The number of esters is 1. The molecule has 6 nitrogen and oxygen atoms in total. The zero-order valence-corrected chi connectivity index (χ0v) is 19.6. The molecule has 1 unspecified atom stereocenters. The lowest BCUT2D eigenvalue weighted by Crippen LogP contribution is -2.59. The molecule has 35 heavy (non-hydrogen) atoms. The van der Waals surface area contributed by atoms with Gasteiger partial charge in [0.15, 0.2) is 0 Å². The number of hydrogen-bond donors (Lipinski definition) is 0. The summed E-state index contributed by atoms with van der Waals surface area (Å²) in [6.45, 7) is 1.38. The SMILES string of the molecule is COC(=O)C1CN(C(c2ccccc2)c2ccccc2)CCN1C(=O)c1cncc2ccccc12. The van der Waals surface area contributed by atoms with Crippen LogP contribution in [0.2, 0.25) is 0 Å². The summed E-state index contributed by atoms with van der Waals surface area (Å²) in [6, 6.07) is 27.4. The smallest absolute Gasteiger partial charge is 0.329 e. The van der Waals surface area contributed by atoms with Gasteiger partial charge in [-0.15, -0.1) is 0 Å². The molecule has 1 aliphatic heterocycles. The lowest BCUT2D eigenvalue weighted by molar-refractivity contribution is -0.148. The minimum absolute atomic E-state index is 0.0407. The molecule has 0 aliphatic carbocycles. The average molecular weight is 466 g/mol. The van der Waals surface area contributed by atoms with Gasteiger partial charge in [-0.1, -0.05) is 84.9 Å². The van der Waals surface area contributed by atoms with E-state index in [1.807, 2.05) is 60.7 Å². The van der Waals surface area contributed by atoms with Crippen LogP contribution in [0.3, 0.4) is 0 Å². The number of ether oxygens (including phenoxy) is 1. The predicted molar refractivity (Wildman–Crippen MR) is 135 cm³/mol. The molecule has 5 rings (SSSR count). The monoisotopic (exact) mass is 465 g/mol. The van der Waals surface area contributed by atoms with Crippen LogP contribution in [0.25, 0.3) is 10.8 Å². The van der Waals surface area contributed by atoms with E-state index < -0.39 is 12.0 Å². The first-order valence-electron chi connectivity index (χ1n) is 11.7. The van der Waals surface area contributed by atoms with Crippen LogP contribution in [0.1, 0.15) is 27.5 Å². The van der Waals surface area contributed by atoms with Gasteiger partial charge in [0, 0.05) is 37.4 Å². The number of hydrogen-bond acceptors (Lipinski definition) is 5. The number of methoxy groups -OCH3 is 1. The highest BCUT2D eigenvalue weighted by Crippen LogP contribution is 2.31. The molecule has 1 saturated heterocycles. The molecule has 3 aromatic carbocycles. The van der Waals surface area contributed by atoms with Crippen molar-refractivity contribution in [3.05, 3.63) is 114 Å². The van der Waals surface area contributed by atoms with Gasteiger partial charge in [0.1, 0.15) is 6.04 Å². The number of benzene rings is 3. The third-order valence-corrected chi connectivity index (χ3v) is 6.64. The Hall–Kier alpha value is -4.03. The van der Waals surface area contributed by atoms with Gasteiger partial charge in [0.05, 0.1) is 18.7 Å². The first kappa shape index (κ1) is 22.7.